The van der Waals surface area contributed by atoms with Gasteiger partial charge in [-0.15, -0.1) is 0 Å². The average molecular weight is 376 g/mol. The Hall–Kier alpha value is -2.81. The summed E-state index contributed by atoms with van der Waals surface area (Å²) in [6.07, 6.45) is 4.98. The first-order chi connectivity index (χ1) is 13.7. The predicted molar refractivity (Wildman–Crippen MR) is 114 cm³/mol. The molecule has 0 heterocycles. The van der Waals surface area contributed by atoms with Gasteiger partial charge < -0.3 is 9.84 Å². The van der Waals surface area contributed by atoms with Crippen molar-refractivity contribution in [2.75, 3.05) is 6.61 Å². The second kappa shape index (κ2) is 9.93. The average Bonchev–Trinajstić information content (AvgIpc) is 2.72. The van der Waals surface area contributed by atoms with Crippen LogP contribution in [0, 0.1) is 0 Å². The zero-order valence-corrected chi connectivity index (χ0v) is 16.4. The van der Waals surface area contributed by atoms with Crippen molar-refractivity contribution in [1.29, 1.82) is 0 Å². The van der Waals surface area contributed by atoms with Crippen LogP contribution in [0.5, 0.6) is 5.75 Å². The number of hydrogen-bond acceptors (Lipinski definition) is 2. The van der Waals surface area contributed by atoms with E-state index in [9.17, 15) is 9.90 Å². The summed E-state index contributed by atoms with van der Waals surface area (Å²) in [5, 5.41) is 12.1. The van der Waals surface area contributed by atoms with Crippen LogP contribution in [0.1, 0.15) is 49.7 Å². The minimum absolute atomic E-state index is 0.408. The van der Waals surface area contributed by atoms with E-state index in [0.717, 1.165) is 40.5 Å². The summed E-state index contributed by atoms with van der Waals surface area (Å²) < 4.78 is 6.12. The SMILES string of the molecule is CCCCCCOc1ccc2ccccc2c1CC(C(=O)O)c1ccccc1. The van der Waals surface area contributed by atoms with Gasteiger partial charge >= 0.3 is 5.97 Å². The highest BCUT2D eigenvalue weighted by Gasteiger charge is 2.23. The van der Waals surface area contributed by atoms with Crippen molar-refractivity contribution in [2.45, 2.75) is 44.9 Å². The standard InChI is InChI=1S/C25H28O3/c1-2-3-4-10-17-28-24-16-15-20-13-8-9-14-21(20)23(24)18-22(25(26)27)19-11-6-5-7-12-19/h5-9,11-16,22H,2-4,10,17-18H2,1H3,(H,26,27). The lowest BCUT2D eigenvalue weighted by Crippen LogP contribution is -2.15. The number of hydrogen-bond donors (Lipinski definition) is 1. The summed E-state index contributed by atoms with van der Waals surface area (Å²) in [7, 11) is 0. The van der Waals surface area contributed by atoms with E-state index in [2.05, 4.69) is 25.1 Å². The Balaban J connectivity index is 1.92. The molecule has 0 aromatic heterocycles. The summed E-state index contributed by atoms with van der Waals surface area (Å²) in [6, 6.07) is 21.6. The van der Waals surface area contributed by atoms with Gasteiger partial charge in [-0.25, -0.2) is 0 Å². The van der Waals surface area contributed by atoms with Crippen molar-refractivity contribution in [2.24, 2.45) is 0 Å². The van der Waals surface area contributed by atoms with E-state index in [4.69, 9.17) is 4.74 Å². The van der Waals surface area contributed by atoms with Gasteiger partial charge in [0, 0.05) is 5.56 Å². The van der Waals surface area contributed by atoms with Crippen LogP contribution in [0.15, 0.2) is 66.7 Å². The highest BCUT2D eigenvalue weighted by molar-refractivity contribution is 5.89. The van der Waals surface area contributed by atoms with Crippen LogP contribution in [-0.2, 0) is 11.2 Å². The van der Waals surface area contributed by atoms with E-state index in [1.807, 2.05) is 48.5 Å². The molecule has 3 nitrogen and oxygen atoms in total. The van der Waals surface area contributed by atoms with Crippen LogP contribution in [0.4, 0.5) is 0 Å². The highest BCUT2D eigenvalue weighted by Crippen LogP contribution is 2.33. The van der Waals surface area contributed by atoms with E-state index < -0.39 is 11.9 Å². The van der Waals surface area contributed by atoms with Crippen molar-refractivity contribution in [3.8, 4) is 5.75 Å². The fourth-order valence-corrected chi connectivity index (χ4v) is 3.61. The van der Waals surface area contributed by atoms with Crippen molar-refractivity contribution in [3.05, 3.63) is 77.9 Å². The Bertz CT molecular complexity index is 902. The number of rotatable bonds is 10. The molecule has 1 atom stereocenters. The van der Waals surface area contributed by atoms with E-state index in [0.29, 0.717) is 13.0 Å². The number of carbonyl (C=O) groups is 1. The Labute approximate surface area is 167 Å². The molecule has 1 unspecified atom stereocenters. The number of unbranched alkanes of at least 4 members (excludes halogenated alkanes) is 3. The van der Waals surface area contributed by atoms with Crippen molar-refractivity contribution in [3.63, 3.8) is 0 Å². The second-order valence-electron chi connectivity index (χ2n) is 7.18. The maximum absolute atomic E-state index is 12.0. The number of carboxylic acids is 1. The van der Waals surface area contributed by atoms with Gasteiger partial charge in [-0.1, -0.05) is 86.8 Å². The van der Waals surface area contributed by atoms with Crippen molar-refractivity contribution < 1.29 is 14.6 Å². The lowest BCUT2D eigenvalue weighted by molar-refractivity contribution is -0.138. The minimum atomic E-state index is -0.812. The quantitative estimate of drug-likeness (QED) is 0.428. The van der Waals surface area contributed by atoms with E-state index in [-0.39, 0.29) is 0 Å². The number of fused-ring (bicyclic) bond motifs is 1. The Kier molecular flexibility index (Phi) is 7.07. The van der Waals surface area contributed by atoms with Gasteiger partial charge in [0.15, 0.2) is 0 Å². The summed E-state index contributed by atoms with van der Waals surface area (Å²) in [4.78, 5) is 12.0. The van der Waals surface area contributed by atoms with Crippen LogP contribution in [0.3, 0.4) is 0 Å². The Morgan fingerprint density at radius 1 is 0.929 bits per heavy atom. The van der Waals surface area contributed by atoms with Crippen LogP contribution in [0.25, 0.3) is 10.8 Å². The van der Waals surface area contributed by atoms with Crippen LogP contribution in [-0.4, -0.2) is 17.7 Å². The molecule has 0 radical (unpaired) electrons. The van der Waals surface area contributed by atoms with E-state index in [1.165, 1.54) is 12.8 Å². The smallest absolute Gasteiger partial charge is 0.311 e. The third kappa shape index (κ3) is 4.92. The van der Waals surface area contributed by atoms with Crippen LogP contribution >= 0.6 is 0 Å². The van der Waals surface area contributed by atoms with E-state index in [1.54, 1.807) is 0 Å². The third-order valence-electron chi connectivity index (χ3n) is 5.16. The third-order valence-corrected chi connectivity index (χ3v) is 5.16. The second-order valence-corrected chi connectivity index (χ2v) is 7.18. The molecule has 28 heavy (non-hydrogen) atoms. The molecule has 0 saturated heterocycles. The number of carboxylic acid groups (broad SMARTS) is 1. The van der Waals surface area contributed by atoms with Gasteiger partial charge in [-0.2, -0.15) is 0 Å². The first kappa shape index (κ1) is 19.9. The summed E-state index contributed by atoms with van der Waals surface area (Å²) in [5.74, 6) is -0.611. The van der Waals surface area contributed by atoms with Gasteiger partial charge in [0.25, 0.3) is 0 Å². The monoisotopic (exact) mass is 376 g/mol. The zero-order valence-electron chi connectivity index (χ0n) is 16.4. The number of ether oxygens (including phenoxy) is 1. The lowest BCUT2D eigenvalue weighted by Gasteiger charge is -2.18. The summed E-state index contributed by atoms with van der Waals surface area (Å²) in [5.41, 5.74) is 1.79. The van der Waals surface area contributed by atoms with Crippen LogP contribution < -0.4 is 4.74 Å². The molecule has 3 rings (SSSR count). The van der Waals surface area contributed by atoms with Crippen molar-refractivity contribution in [1.82, 2.24) is 0 Å². The van der Waals surface area contributed by atoms with Gasteiger partial charge in [-0.3, -0.25) is 4.79 Å². The first-order valence-electron chi connectivity index (χ1n) is 10.1. The van der Waals surface area contributed by atoms with Crippen molar-refractivity contribution >= 4 is 16.7 Å². The molecular formula is C25H28O3. The van der Waals surface area contributed by atoms with Gasteiger partial charge in [-0.05, 0) is 35.2 Å². The molecule has 0 bridgehead atoms. The maximum Gasteiger partial charge on any atom is 0.311 e. The Morgan fingerprint density at radius 2 is 1.68 bits per heavy atom. The molecule has 1 N–H and O–H groups in total. The maximum atomic E-state index is 12.0. The minimum Gasteiger partial charge on any atom is -0.493 e. The van der Waals surface area contributed by atoms with Gasteiger partial charge in [0.05, 0.1) is 12.5 Å². The van der Waals surface area contributed by atoms with Crippen LogP contribution in [0.2, 0.25) is 0 Å². The number of aliphatic carboxylic acids is 1. The molecule has 0 saturated carbocycles. The largest absolute Gasteiger partial charge is 0.493 e. The molecule has 3 aromatic carbocycles. The predicted octanol–water partition coefficient (Wildman–Crippen LogP) is 6.21. The molecule has 0 fully saturated rings. The molecule has 146 valence electrons. The normalized spacial score (nSPS) is 12.0. The Morgan fingerprint density at radius 3 is 2.43 bits per heavy atom. The molecule has 0 aliphatic rings. The zero-order chi connectivity index (χ0) is 19.8. The van der Waals surface area contributed by atoms with E-state index >= 15 is 0 Å². The molecular weight excluding hydrogens is 348 g/mol. The summed E-state index contributed by atoms with van der Waals surface area (Å²) in [6.45, 7) is 2.85. The van der Waals surface area contributed by atoms with Gasteiger partial charge in [0.1, 0.15) is 5.75 Å². The molecule has 0 spiro atoms. The van der Waals surface area contributed by atoms with Gasteiger partial charge in [0.2, 0.25) is 0 Å². The number of benzene rings is 3. The highest BCUT2D eigenvalue weighted by atomic mass is 16.5. The molecule has 0 aliphatic heterocycles. The first-order valence-corrected chi connectivity index (χ1v) is 10.1. The molecule has 0 aliphatic carbocycles. The fourth-order valence-electron chi connectivity index (χ4n) is 3.61. The molecule has 0 amide bonds. The topological polar surface area (TPSA) is 46.5 Å². The lowest BCUT2D eigenvalue weighted by atomic mass is 9.89. The fraction of sp³-hybridized carbons (Fsp3) is 0.320. The molecule has 3 aromatic rings. The molecule has 3 heteroatoms. The summed E-state index contributed by atoms with van der Waals surface area (Å²) >= 11 is 0.